The molecular weight excluding hydrogens is 328 g/mol. The number of hydrogen-bond acceptors (Lipinski definition) is 3. The van der Waals surface area contributed by atoms with Gasteiger partial charge in [-0.05, 0) is 18.2 Å². The molecule has 1 heterocycles. The van der Waals surface area contributed by atoms with E-state index in [9.17, 15) is 9.59 Å². The summed E-state index contributed by atoms with van der Waals surface area (Å²) in [6, 6.07) is 7.78. The molecule has 2 amide bonds. The van der Waals surface area contributed by atoms with Crippen molar-refractivity contribution < 1.29 is 14.5 Å². The lowest BCUT2D eigenvalue weighted by Gasteiger charge is -2.36. The highest BCUT2D eigenvalue weighted by atomic mass is 35.5. The molecule has 1 aromatic rings. The lowest BCUT2D eigenvalue weighted by Crippen LogP contribution is -3.11. The van der Waals surface area contributed by atoms with Gasteiger partial charge in [0.15, 0.2) is 13.1 Å². The third-order valence-electron chi connectivity index (χ3n) is 4.21. The number of carbonyl (C=O) groups excluding carboxylic acids is 2. The van der Waals surface area contributed by atoms with Crippen LogP contribution in [0.1, 0.15) is 0 Å². The molecule has 1 unspecified atom stereocenters. The summed E-state index contributed by atoms with van der Waals surface area (Å²) in [5, 5.41) is 0.724. The van der Waals surface area contributed by atoms with Crippen molar-refractivity contribution in [2.24, 2.45) is 0 Å². The van der Waals surface area contributed by atoms with E-state index in [1.54, 1.807) is 19.0 Å². The molecule has 1 fully saturated rings. The van der Waals surface area contributed by atoms with Crippen LogP contribution in [0.3, 0.4) is 0 Å². The van der Waals surface area contributed by atoms with Crippen LogP contribution in [0.2, 0.25) is 5.02 Å². The first-order valence-corrected chi connectivity index (χ1v) is 8.54. The molecule has 1 atom stereocenters. The summed E-state index contributed by atoms with van der Waals surface area (Å²) in [4.78, 5) is 30.7. The molecule has 0 saturated carbocycles. The summed E-state index contributed by atoms with van der Waals surface area (Å²) >= 11 is 6.04. The van der Waals surface area contributed by atoms with E-state index >= 15 is 0 Å². The second kappa shape index (κ2) is 8.35. The number of benzene rings is 1. The quantitative estimate of drug-likeness (QED) is 0.783. The Morgan fingerprint density at radius 2 is 1.83 bits per heavy atom. The highest BCUT2D eigenvalue weighted by Crippen LogP contribution is 2.20. The predicted octanol–water partition coefficient (Wildman–Crippen LogP) is -0.408. The van der Waals surface area contributed by atoms with Crippen LogP contribution in [-0.2, 0) is 9.59 Å². The molecule has 7 heteroatoms. The summed E-state index contributed by atoms with van der Waals surface area (Å²) in [6.45, 7) is 3.65. The van der Waals surface area contributed by atoms with Crippen molar-refractivity contribution in [2.45, 2.75) is 0 Å². The Balaban J connectivity index is 1.81. The van der Waals surface area contributed by atoms with Gasteiger partial charge in [0.2, 0.25) is 0 Å². The van der Waals surface area contributed by atoms with E-state index in [-0.39, 0.29) is 11.8 Å². The van der Waals surface area contributed by atoms with Gasteiger partial charge in [0.05, 0.1) is 7.05 Å². The molecule has 0 radical (unpaired) electrons. The number of quaternary nitrogens is 1. The van der Waals surface area contributed by atoms with Crippen molar-refractivity contribution in [3.05, 3.63) is 29.3 Å². The molecule has 0 aromatic heterocycles. The number of nitrogens with one attached hydrogen (secondary N) is 1. The number of hydrogen-bond donors (Lipinski definition) is 1. The predicted molar refractivity (Wildman–Crippen MR) is 95.6 cm³/mol. The lowest BCUT2D eigenvalue weighted by molar-refractivity contribution is -0.863. The van der Waals surface area contributed by atoms with Crippen molar-refractivity contribution in [3.8, 4) is 0 Å². The number of rotatable bonds is 5. The van der Waals surface area contributed by atoms with Gasteiger partial charge in [0, 0.05) is 51.0 Å². The first-order chi connectivity index (χ1) is 11.4. The molecule has 2 rings (SSSR count). The molecule has 24 heavy (non-hydrogen) atoms. The van der Waals surface area contributed by atoms with E-state index in [2.05, 4.69) is 4.90 Å². The molecule has 0 spiro atoms. The number of halogens is 1. The first kappa shape index (κ1) is 18.5. The van der Waals surface area contributed by atoms with E-state index in [4.69, 9.17) is 11.6 Å². The lowest BCUT2D eigenvalue weighted by atomic mass is 10.2. The maximum absolute atomic E-state index is 12.4. The summed E-state index contributed by atoms with van der Waals surface area (Å²) in [6.07, 6.45) is 0. The van der Waals surface area contributed by atoms with Gasteiger partial charge in [-0.1, -0.05) is 17.7 Å². The molecule has 132 valence electrons. The number of amides is 2. The van der Waals surface area contributed by atoms with Crippen molar-refractivity contribution in [3.63, 3.8) is 0 Å². The summed E-state index contributed by atoms with van der Waals surface area (Å²) in [5.41, 5.74) is 1.09. The van der Waals surface area contributed by atoms with Gasteiger partial charge in [-0.2, -0.15) is 0 Å². The molecule has 6 nitrogen and oxygen atoms in total. The van der Waals surface area contributed by atoms with Crippen molar-refractivity contribution >= 4 is 29.1 Å². The second-order valence-corrected chi connectivity index (χ2v) is 6.88. The van der Waals surface area contributed by atoms with Crippen LogP contribution in [0.4, 0.5) is 5.69 Å². The smallest absolute Gasteiger partial charge is 0.277 e. The second-order valence-electron chi connectivity index (χ2n) is 6.45. The van der Waals surface area contributed by atoms with Gasteiger partial charge in [0.25, 0.3) is 11.8 Å². The minimum Gasteiger partial charge on any atom is -0.368 e. The van der Waals surface area contributed by atoms with E-state index in [0.717, 1.165) is 28.7 Å². The summed E-state index contributed by atoms with van der Waals surface area (Å²) in [7, 11) is 5.33. The highest BCUT2D eigenvalue weighted by Gasteiger charge is 2.24. The molecule has 1 saturated heterocycles. The van der Waals surface area contributed by atoms with Crippen LogP contribution >= 0.6 is 11.6 Å². The number of piperazine rings is 1. The van der Waals surface area contributed by atoms with Crippen LogP contribution in [0.25, 0.3) is 0 Å². The summed E-state index contributed by atoms with van der Waals surface area (Å²) < 4.78 is 0. The van der Waals surface area contributed by atoms with Crippen LogP contribution in [-0.4, -0.2) is 82.0 Å². The van der Waals surface area contributed by atoms with Crippen molar-refractivity contribution in [1.29, 1.82) is 0 Å². The number of anilines is 1. The molecule has 1 N–H and O–H groups in total. The topological polar surface area (TPSA) is 48.3 Å². The number of carbonyl (C=O) groups is 2. The fourth-order valence-electron chi connectivity index (χ4n) is 2.74. The number of likely N-dealkylation sites (N-methyl/N-ethyl adjacent to an activating group) is 2. The van der Waals surface area contributed by atoms with Crippen LogP contribution < -0.4 is 9.80 Å². The SMILES string of the molecule is CN(C)C(=O)C[NH+](C)CC(=O)N1CCN(c2cccc(Cl)c2)CC1. The Bertz CT molecular complexity index is 586. The average molecular weight is 354 g/mol. The highest BCUT2D eigenvalue weighted by molar-refractivity contribution is 6.30. The largest absolute Gasteiger partial charge is 0.368 e. The Morgan fingerprint density at radius 1 is 1.17 bits per heavy atom. The zero-order valence-electron chi connectivity index (χ0n) is 14.6. The first-order valence-electron chi connectivity index (χ1n) is 8.16. The molecule has 0 bridgehead atoms. The van der Waals surface area contributed by atoms with E-state index < -0.39 is 0 Å². The van der Waals surface area contributed by atoms with Gasteiger partial charge < -0.3 is 19.6 Å². The Morgan fingerprint density at radius 3 is 2.42 bits per heavy atom. The Labute approximate surface area is 148 Å². The minimum atomic E-state index is 0.0334. The molecular formula is C17H26ClN4O2+. The van der Waals surface area contributed by atoms with Gasteiger partial charge in [-0.25, -0.2) is 0 Å². The summed E-state index contributed by atoms with van der Waals surface area (Å²) in [5.74, 6) is 0.135. The van der Waals surface area contributed by atoms with Crippen LogP contribution in [0, 0.1) is 0 Å². The van der Waals surface area contributed by atoms with Crippen LogP contribution in [0.15, 0.2) is 24.3 Å². The van der Waals surface area contributed by atoms with Crippen molar-refractivity contribution in [1.82, 2.24) is 9.80 Å². The van der Waals surface area contributed by atoms with Crippen LogP contribution in [0.5, 0.6) is 0 Å². The normalized spacial score (nSPS) is 16.0. The Kier molecular flexibility index (Phi) is 6.45. The van der Waals surface area contributed by atoms with Gasteiger partial charge >= 0.3 is 0 Å². The molecule has 0 aliphatic carbocycles. The Hall–Kier alpha value is -1.79. The fourth-order valence-corrected chi connectivity index (χ4v) is 2.92. The average Bonchev–Trinajstić information content (AvgIpc) is 2.54. The van der Waals surface area contributed by atoms with E-state index in [0.29, 0.717) is 26.2 Å². The van der Waals surface area contributed by atoms with Gasteiger partial charge in [-0.15, -0.1) is 0 Å². The maximum Gasteiger partial charge on any atom is 0.277 e. The number of nitrogens with zero attached hydrogens (tertiary/aromatic N) is 3. The standard InChI is InChI=1S/C17H25ClN4O2/c1-19(2)16(23)12-20(3)13-17(24)22-9-7-21(8-10-22)15-6-4-5-14(18)11-15/h4-6,11H,7-10,12-13H2,1-3H3/p+1. The molecule has 1 aliphatic heterocycles. The van der Waals surface area contributed by atoms with Gasteiger partial charge in [-0.3, -0.25) is 9.59 Å². The molecule has 1 aromatic carbocycles. The third-order valence-corrected chi connectivity index (χ3v) is 4.45. The third kappa shape index (κ3) is 5.11. The zero-order valence-corrected chi connectivity index (χ0v) is 15.3. The van der Waals surface area contributed by atoms with E-state index in [1.165, 1.54) is 0 Å². The minimum absolute atomic E-state index is 0.0334. The monoisotopic (exact) mass is 353 g/mol. The van der Waals surface area contributed by atoms with Crippen molar-refractivity contribution in [2.75, 3.05) is 65.3 Å². The zero-order chi connectivity index (χ0) is 17.7. The maximum atomic E-state index is 12.4. The molecule has 1 aliphatic rings. The fraction of sp³-hybridized carbons (Fsp3) is 0.529. The van der Waals surface area contributed by atoms with E-state index in [1.807, 2.05) is 36.2 Å². The van der Waals surface area contributed by atoms with Gasteiger partial charge in [0.1, 0.15) is 0 Å².